The second-order valence-electron chi connectivity index (χ2n) is 5.53. The number of rotatable bonds is 4. The molecule has 2 atom stereocenters. The van der Waals surface area contributed by atoms with Crippen molar-refractivity contribution in [3.8, 4) is 0 Å². The minimum atomic E-state index is -0.440. The topological polar surface area (TPSA) is 17.1 Å². The van der Waals surface area contributed by atoms with E-state index in [1.165, 1.54) is 6.07 Å². The molecule has 1 aliphatic carbocycles. The van der Waals surface area contributed by atoms with Crippen molar-refractivity contribution in [2.24, 2.45) is 11.8 Å². The van der Waals surface area contributed by atoms with Gasteiger partial charge in [-0.2, -0.15) is 0 Å². The van der Waals surface area contributed by atoms with Crippen LogP contribution in [0.4, 0.5) is 8.78 Å². The highest BCUT2D eigenvalue weighted by Gasteiger charge is 2.28. The Bertz CT molecular complexity index is 456. The van der Waals surface area contributed by atoms with Crippen molar-refractivity contribution in [1.29, 1.82) is 0 Å². The fourth-order valence-electron chi connectivity index (χ4n) is 3.03. The third-order valence-corrected chi connectivity index (χ3v) is 4.04. The van der Waals surface area contributed by atoms with Crippen LogP contribution in [0.5, 0.6) is 0 Å². The van der Waals surface area contributed by atoms with Crippen LogP contribution in [0.25, 0.3) is 0 Å². The molecule has 0 heterocycles. The Hall–Kier alpha value is -1.25. The van der Waals surface area contributed by atoms with E-state index < -0.39 is 11.6 Å². The Morgan fingerprint density at radius 1 is 1.32 bits per heavy atom. The van der Waals surface area contributed by atoms with Crippen LogP contribution >= 0.6 is 0 Å². The normalized spacial score (nSPS) is 23.6. The Labute approximate surface area is 113 Å². The van der Waals surface area contributed by atoms with Crippen molar-refractivity contribution in [2.45, 2.75) is 45.4 Å². The number of hydrogen-bond donors (Lipinski definition) is 0. The van der Waals surface area contributed by atoms with E-state index in [2.05, 4.69) is 6.92 Å². The average Bonchev–Trinajstić information content (AvgIpc) is 2.38. The fourth-order valence-corrected chi connectivity index (χ4v) is 3.03. The third-order valence-electron chi connectivity index (χ3n) is 4.04. The lowest BCUT2D eigenvalue weighted by Crippen LogP contribution is -2.27. The summed E-state index contributed by atoms with van der Waals surface area (Å²) in [5.74, 6) is -0.224. The molecule has 1 aliphatic rings. The second kappa shape index (κ2) is 6.27. The maximum Gasteiger partial charge on any atom is 0.136 e. The van der Waals surface area contributed by atoms with Gasteiger partial charge in [-0.25, -0.2) is 8.78 Å². The van der Waals surface area contributed by atoms with Gasteiger partial charge >= 0.3 is 0 Å². The lowest BCUT2D eigenvalue weighted by molar-refractivity contribution is -0.125. The van der Waals surface area contributed by atoms with Gasteiger partial charge in [0.15, 0.2) is 0 Å². The molecular formula is C16H20F2O. The van der Waals surface area contributed by atoms with Crippen molar-refractivity contribution < 1.29 is 13.6 Å². The quantitative estimate of drug-likeness (QED) is 0.794. The van der Waals surface area contributed by atoms with Crippen molar-refractivity contribution in [1.82, 2.24) is 0 Å². The minimum Gasteiger partial charge on any atom is -0.299 e. The molecule has 2 rings (SSSR count). The van der Waals surface area contributed by atoms with E-state index in [0.29, 0.717) is 24.3 Å². The summed E-state index contributed by atoms with van der Waals surface area (Å²) in [5.41, 5.74) is 0.329. The summed E-state index contributed by atoms with van der Waals surface area (Å²) < 4.78 is 26.8. The first-order chi connectivity index (χ1) is 9.10. The zero-order valence-electron chi connectivity index (χ0n) is 11.3. The SMILES string of the molecule is CCCC1CCC(=O)C(Cc2cc(F)ccc2F)C1. The van der Waals surface area contributed by atoms with Crippen LogP contribution in [-0.4, -0.2) is 5.78 Å². The van der Waals surface area contributed by atoms with Gasteiger partial charge in [0.2, 0.25) is 0 Å². The van der Waals surface area contributed by atoms with Crippen molar-refractivity contribution >= 4 is 5.78 Å². The van der Waals surface area contributed by atoms with Crippen molar-refractivity contribution in [3.63, 3.8) is 0 Å². The number of benzene rings is 1. The van der Waals surface area contributed by atoms with Gasteiger partial charge in [-0.3, -0.25) is 4.79 Å². The molecule has 1 nitrogen and oxygen atoms in total. The Balaban J connectivity index is 2.07. The molecule has 0 amide bonds. The van der Waals surface area contributed by atoms with E-state index in [4.69, 9.17) is 0 Å². The van der Waals surface area contributed by atoms with E-state index in [0.717, 1.165) is 37.8 Å². The molecule has 3 heteroatoms. The minimum absolute atomic E-state index is 0.137. The van der Waals surface area contributed by atoms with Crippen molar-refractivity contribution in [3.05, 3.63) is 35.4 Å². The van der Waals surface area contributed by atoms with Crippen LogP contribution in [0.2, 0.25) is 0 Å². The van der Waals surface area contributed by atoms with Gasteiger partial charge in [0.25, 0.3) is 0 Å². The highest BCUT2D eigenvalue weighted by molar-refractivity contribution is 5.82. The van der Waals surface area contributed by atoms with Crippen LogP contribution < -0.4 is 0 Å². The van der Waals surface area contributed by atoms with Gasteiger partial charge in [-0.15, -0.1) is 0 Å². The summed E-state index contributed by atoms with van der Waals surface area (Å²) in [6.07, 6.45) is 4.93. The fraction of sp³-hybridized carbons (Fsp3) is 0.562. The smallest absolute Gasteiger partial charge is 0.136 e. The van der Waals surface area contributed by atoms with Gasteiger partial charge in [0.1, 0.15) is 17.4 Å². The maximum atomic E-state index is 13.6. The van der Waals surface area contributed by atoms with Crippen LogP contribution in [-0.2, 0) is 11.2 Å². The maximum absolute atomic E-state index is 13.6. The van der Waals surface area contributed by atoms with Crippen molar-refractivity contribution in [2.75, 3.05) is 0 Å². The van der Waals surface area contributed by atoms with E-state index in [1.807, 2.05) is 0 Å². The lowest BCUT2D eigenvalue weighted by atomic mass is 9.76. The van der Waals surface area contributed by atoms with Gasteiger partial charge in [0, 0.05) is 12.3 Å². The van der Waals surface area contributed by atoms with E-state index in [1.54, 1.807) is 0 Å². The number of carbonyl (C=O) groups is 1. The first kappa shape index (κ1) is 14.2. The Morgan fingerprint density at radius 3 is 2.84 bits per heavy atom. The summed E-state index contributed by atoms with van der Waals surface area (Å²) in [6.45, 7) is 2.14. The first-order valence-corrected chi connectivity index (χ1v) is 7.06. The summed E-state index contributed by atoms with van der Waals surface area (Å²) in [6, 6.07) is 3.47. The molecule has 0 aliphatic heterocycles. The molecule has 1 saturated carbocycles. The zero-order chi connectivity index (χ0) is 13.8. The molecule has 0 radical (unpaired) electrons. The molecule has 1 aromatic carbocycles. The number of ketones is 1. The van der Waals surface area contributed by atoms with Crippen LogP contribution in [0.15, 0.2) is 18.2 Å². The molecule has 0 saturated heterocycles. The standard InChI is InChI=1S/C16H20F2O/c1-2-3-11-4-7-16(19)13(8-11)9-12-10-14(17)5-6-15(12)18/h5-6,10-11,13H,2-4,7-9H2,1H3. The van der Waals surface area contributed by atoms with Gasteiger partial charge in [-0.1, -0.05) is 19.8 Å². The largest absolute Gasteiger partial charge is 0.299 e. The molecule has 19 heavy (non-hydrogen) atoms. The number of carbonyl (C=O) groups excluding carboxylic acids is 1. The highest BCUT2D eigenvalue weighted by Crippen LogP contribution is 2.32. The molecule has 0 spiro atoms. The summed E-state index contributed by atoms with van der Waals surface area (Å²) in [7, 11) is 0. The molecule has 0 aromatic heterocycles. The van der Waals surface area contributed by atoms with E-state index in [9.17, 15) is 13.6 Å². The molecule has 2 unspecified atom stereocenters. The number of Topliss-reactive ketones (excluding diaryl/α,β-unsaturated/α-hetero) is 1. The van der Waals surface area contributed by atoms with Gasteiger partial charge in [-0.05, 0) is 48.9 Å². The predicted molar refractivity (Wildman–Crippen MR) is 70.8 cm³/mol. The number of halogens is 2. The van der Waals surface area contributed by atoms with Crippen LogP contribution in [0.3, 0.4) is 0 Å². The molecule has 0 N–H and O–H groups in total. The van der Waals surface area contributed by atoms with E-state index in [-0.39, 0.29) is 11.7 Å². The molecule has 1 fully saturated rings. The van der Waals surface area contributed by atoms with Crippen LogP contribution in [0.1, 0.15) is 44.6 Å². The average molecular weight is 266 g/mol. The number of hydrogen-bond acceptors (Lipinski definition) is 1. The second-order valence-corrected chi connectivity index (χ2v) is 5.53. The molecular weight excluding hydrogens is 246 g/mol. The van der Waals surface area contributed by atoms with Gasteiger partial charge in [0.05, 0.1) is 0 Å². The highest BCUT2D eigenvalue weighted by atomic mass is 19.1. The third kappa shape index (κ3) is 3.62. The van der Waals surface area contributed by atoms with E-state index >= 15 is 0 Å². The zero-order valence-corrected chi connectivity index (χ0v) is 11.3. The summed E-state index contributed by atoms with van der Waals surface area (Å²) in [4.78, 5) is 11.9. The molecule has 104 valence electrons. The Morgan fingerprint density at radius 2 is 2.11 bits per heavy atom. The molecule has 1 aromatic rings. The molecule has 0 bridgehead atoms. The lowest BCUT2D eigenvalue weighted by Gasteiger charge is -2.28. The summed E-state index contributed by atoms with van der Waals surface area (Å²) >= 11 is 0. The predicted octanol–water partition coefficient (Wildman–Crippen LogP) is 4.29. The summed E-state index contributed by atoms with van der Waals surface area (Å²) in [5, 5.41) is 0. The van der Waals surface area contributed by atoms with Crippen LogP contribution in [0, 0.1) is 23.5 Å². The monoisotopic (exact) mass is 266 g/mol. The van der Waals surface area contributed by atoms with Gasteiger partial charge < -0.3 is 0 Å². The first-order valence-electron chi connectivity index (χ1n) is 7.06. The Kier molecular flexibility index (Phi) is 4.67.